The highest BCUT2D eigenvalue weighted by atomic mass is 15.0. The van der Waals surface area contributed by atoms with E-state index in [1.165, 1.54) is 10.8 Å². The molecule has 9 rings (SSSR count). The lowest BCUT2D eigenvalue weighted by Crippen LogP contribution is -2.01. The molecule has 48 heavy (non-hydrogen) atoms. The van der Waals surface area contributed by atoms with E-state index in [-0.39, 0.29) is 0 Å². The van der Waals surface area contributed by atoms with Gasteiger partial charge in [-0.15, -0.1) is 0 Å². The van der Waals surface area contributed by atoms with Crippen LogP contribution in [-0.2, 0) is 0 Å². The third-order valence-electron chi connectivity index (χ3n) is 9.43. The molecule has 7 aromatic carbocycles. The molecule has 0 bridgehead atoms. The minimum absolute atomic E-state index is 0.517. The molecule has 0 radical (unpaired) electrons. The second kappa shape index (κ2) is 10.9. The summed E-state index contributed by atoms with van der Waals surface area (Å²) in [5, 5.41) is 25.7. The van der Waals surface area contributed by atoms with Gasteiger partial charge in [-0.1, -0.05) is 103 Å². The Balaban J connectivity index is 1.29. The molecular weight excluding hydrogens is 585 g/mol. The summed E-state index contributed by atoms with van der Waals surface area (Å²) in [4.78, 5) is 0. The summed E-state index contributed by atoms with van der Waals surface area (Å²) >= 11 is 0. The molecule has 2 heterocycles. The zero-order valence-corrected chi connectivity index (χ0v) is 25.8. The molecule has 0 aliphatic carbocycles. The molecule has 0 atom stereocenters. The van der Waals surface area contributed by atoms with Crippen LogP contribution in [0.4, 0.5) is 0 Å². The van der Waals surface area contributed by atoms with E-state index in [0.29, 0.717) is 11.1 Å². The lowest BCUT2D eigenvalue weighted by molar-refractivity contribution is 1.18. The molecule has 0 spiro atoms. The Hall–Kier alpha value is -6.88. The Morgan fingerprint density at radius 1 is 0.375 bits per heavy atom. The summed E-state index contributed by atoms with van der Waals surface area (Å²) < 4.78 is 4.55. The zero-order valence-electron chi connectivity index (χ0n) is 25.8. The number of rotatable bonds is 4. The SMILES string of the molecule is N#Cc1ccc(C#N)c(-c2ccccc2-n2c3ccccc3c3ccccc32)c1-c1ccc(-n2c3ccccc3c3ccccc32)cc1. The molecule has 2 aromatic heterocycles. The first kappa shape index (κ1) is 27.4. The molecule has 0 saturated carbocycles. The van der Waals surface area contributed by atoms with Crippen molar-refractivity contribution in [3.05, 3.63) is 169 Å². The van der Waals surface area contributed by atoms with Gasteiger partial charge < -0.3 is 9.13 Å². The lowest BCUT2D eigenvalue weighted by atomic mass is 9.86. The molecule has 4 heteroatoms. The predicted octanol–water partition coefficient (Wildman–Crippen LogP) is 11.0. The summed E-state index contributed by atoms with van der Waals surface area (Å²) in [6, 6.07) is 58.7. The fourth-order valence-electron chi connectivity index (χ4n) is 7.41. The maximum absolute atomic E-state index is 10.5. The van der Waals surface area contributed by atoms with Crippen LogP contribution in [0.15, 0.2) is 158 Å². The van der Waals surface area contributed by atoms with Gasteiger partial charge in [0.05, 0.1) is 51.0 Å². The number of para-hydroxylation sites is 5. The van der Waals surface area contributed by atoms with Gasteiger partial charge in [0.15, 0.2) is 0 Å². The van der Waals surface area contributed by atoms with Crippen LogP contribution in [0.25, 0.3) is 77.2 Å². The van der Waals surface area contributed by atoms with Gasteiger partial charge in [0, 0.05) is 43.9 Å². The fraction of sp³-hybridized carbons (Fsp3) is 0. The van der Waals surface area contributed by atoms with Crippen LogP contribution in [0.2, 0.25) is 0 Å². The van der Waals surface area contributed by atoms with Gasteiger partial charge in [-0.05, 0) is 60.2 Å². The van der Waals surface area contributed by atoms with Crippen molar-refractivity contribution in [2.24, 2.45) is 0 Å². The first-order valence-electron chi connectivity index (χ1n) is 15.9. The lowest BCUT2D eigenvalue weighted by Gasteiger charge is -2.19. The van der Waals surface area contributed by atoms with Crippen LogP contribution in [0.1, 0.15) is 11.1 Å². The second-order valence-electron chi connectivity index (χ2n) is 11.9. The van der Waals surface area contributed by atoms with Crippen LogP contribution in [0, 0.1) is 22.7 Å². The number of fused-ring (bicyclic) bond motifs is 6. The third-order valence-corrected chi connectivity index (χ3v) is 9.43. The van der Waals surface area contributed by atoms with Gasteiger partial charge in [0.2, 0.25) is 0 Å². The topological polar surface area (TPSA) is 57.4 Å². The monoisotopic (exact) mass is 610 g/mol. The highest BCUT2D eigenvalue weighted by molar-refractivity contribution is 6.11. The Labute approximate surface area is 277 Å². The maximum atomic E-state index is 10.5. The van der Waals surface area contributed by atoms with Crippen molar-refractivity contribution in [2.75, 3.05) is 0 Å². The Kier molecular flexibility index (Phi) is 6.22. The quantitative estimate of drug-likeness (QED) is 0.199. The molecule has 0 aliphatic rings. The molecule has 222 valence electrons. The molecule has 4 nitrogen and oxygen atoms in total. The number of nitriles is 2. The molecule has 9 aromatic rings. The number of nitrogens with zero attached hydrogens (tertiary/aromatic N) is 4. The molecular formula is C44H26N4. The van der Waals surface area contributed by atoms with Crippen LogP contribution in [0.5, 0.6) is 0 Å². The molecule has 0 amide bonds. The molecule has 0 unspecified atom stereocenters. The first-order chi connectivity index (χ1) is 23.8. The van der Waals surface area contributed by atoms with Crippen molar-refractivity contribution in [1.82, 2.24) is 9.13 Å². The maximum Gasteiger partial charge on any atom is 0.0998 e. The van der Waals surface area contributed by atoms with Crippen LogP contribution >= 0.6 is 0 Å². The third kappa shape index (κ3) is 4.01. The van der Waals surface area contributed by atoms with E-state index < -0.39 is 0 Å². The smallest absolute Gasteiger partial charge is 0.0998 e. The van der Waals surface area contributed by atoms with Crippen molar-refractivity contribution in [3.8, 4) is 45.8 Å². The zero-order chi connectivity index (χ0) is 32.2. The molecule has 0 fully saturated rings. The number of hydrogen-bond donors (Lipinski definition) is 0. The van der Waals surface area contributed by atoms with Gasteiger partial charge in [-0.3, -0.25) is 0 Å². The van der Waals surface area contributed by atoms with E-state index in [2.05, 4.69) is 155 Å². The summed E-state index contributed by atoms with van der Waals surface area (Å²) in [6.07, 6.45) is 0. The highest BCUT2D eigenvalue weighted by Gasteiger charge is 2.22. The van der Waals surface area contributed by atoms with Gasteiger partial charge in [-0.25, -0.2) is 0 Å². The van der Waals surface area contributed by atoms with E-state index in [0.717, 1.165) is 66.5 Å². The average Bonchev–Trinajstić information content (AvgIpc) is 3.67. The highest BCUT2D eigenvalue weighted by Crippen LogP contribution is 2.43. The Morgan fingerprint density at radius 2 is 0.792 bits per heavy atom. The standard InChI is InChI=1S/C44H26N4/c45-27-30-21-22-31(28-46)44(37-15-5-10-20-42(37)48-40-18-8-3-13-35(40)36-14-4-9-19-41(36)48)43(30)29-23-25-32(26-24-29)47-38-16-6-1-11-33(38)34-12-2-7-17-39(34)47/h1-26H. The molecule has 0 N–H and O–H groups in total. The van der Waals surface area contributed by atoms with Gasteiger partial charge in [-0.2, -0.15) is 10.5 Å². The fourth-order valence-corrected chi connectivity index (χ4v) is 7.41. The van der Waals surface area contributed by atoms with Gasteiger partial charge in [0.25, 0.3) is 0 Å². The van der Waals surface area contributed by atoms with Crippen molar-refractivity contribution in [3.63, 3.8) is 0 Å². The summed E-state index contributed by atoms with van der Waals surface area (Å²) in [7, 11) is 0. The van der Waals surface area contributed by atoms with Crippen LogP contribution in [-0.4, -0.2) is 9.13 Å². The summed E-state index contributed by atoms with van der Waals surface area (Å²) in [6.45, 7) is 0. The first-order valence-corrected chi connectivity index (χ1v) is 15.9. The van der Waals surface area contributed by atoms with E-state index in [9.17, 15) is 10.5 Å². The average molecular weight is 611 g/mol. The Morgan fingerprint density at radius 3 is 1.29 bits per heavy atom. The largest absolute Gasteiger partial charge is 0.309 e. The van der Waals surface area contributed by atoms with E-state index in [1.54, 1.807) is 12.1 Å². The van der Waals surface area contributed by atoms with E-state index in [4.69, 9.17) is 0 Å². The van der Waals surface area contributed by atoms with Crippen molar-refractivity contribution >= 4 is 43.6 Å². The summed E-state index contributed by atoms with van der Waals surface area (Å²) in [5.74, 6) is 0. The minimum atomic E-state index is 0.517. The van der Waals surface area contributed by atoms with Crippen LogP contribution < -0.4 is 0 Å². The van der Waals surface area contributed by atoms with Crippen molar-refractivity contribution in [2.45, 2.75) is 0 Å². The van der Waals surface area contributed by atoms with Crippen molar-refractivity contribution < 1.29 is 0 Å². The van der Waals surface area contributed by atoms with E-state index >= 15 is 0 Å². The number of benzene rings is 7. The Bertz CT molecular complexity index is 2690. The van der Waals surface area contributed by atoms with Gasteiger partial charge in [0.1, 0.15) is 0 Å². The van der Waals surface area contributed by atoms with Crippen molar-refractivity contribution in [1.29, 1.82) is 10.5 Å². The van der Waals surface area contributed by atoms with Gasteiger partial charge >= 0.3 is 0 Å². The minimum Gasteiger partial charge on any atom is -0.309 e. The second-order valence-corrected chi connectivity index (χ2v) is 11.9. The number of hydrogen-bond acceptors (Lipinski definition) is 2. The molecule has 0 aliphatic heterocycles. The summed E-state index contributed by atoms with van der Waals surface area (Å²) in [5.41, 5.74) is 10.7. The van der Waals surface area contributed by atoms with E-state index in [1.807, 2.05) is 12.1 Å². The number of aromatic nitrogens is 2. The molecule has 0 saturated heterocycles. The normalized spacial score (nSPS) is 11.3. The van der Waals surface area contributed by atoms with Crippen LogP contribution in [0.3, 0.4) is 0 Å². The predicted molar refractivity (Wildman–Crippen MR) is 195 cm³/mol.